The minimum atomic E-state index is -0.493. The lowest BCUT2D eigenvalue weighted by molar-refractivity contribution is -0.384. The number of rotatable bonds is 6. The molecular formula is C16H23Cl2N3O3. The van der Waals surface area contributed by atoms with E-state index in [1.807, 2.05) is 4.90 Å². The van der Waals surface area contributed by atoms with Crippen LogP contribution in [0.4, 0.5) is 5.69 Å². The van der Waals surface area contributed by atoms with Gasteiger partial charge in [-0.3, -0.25) is 14.9 Å². The fraction of sp³-hybridized carbons (Fsp3) is 0.562. The quantitative estimate of drug-likeness (QED) is 0.612. The van der Waals surface area contributed by atoms with Gasteiger partial charge < -0.3 is 10.2 Å². The maximum atomic E-state index is 12.4. The first kappa shape index (κ1) is 20.7. The smallest absolute Gasteiger partial charge is 0.270 e. The van der Waals surface area contributed by atoms with Crippen LogP contribution in [0.2, 0.25) is 5.02 Å². The Kier molecular flexibility index (Phi) is 8.45. The lowest BCUT2D eigenvalue weighted by atomic mass is 9.96. The lowest BCUT2D eigenvalue weighted by Gasteiger charge is -2.32. The number of hydrogen-bond donors (Lipinski definition) is 1. The Labute approximate surface area is 153 Å². The van der Waals surface area contributed by atoms with E-state index in [1.165, 1.54) is 12.1 Å². The number of nitro groups is 1. The Hall–Kier alpha value is -1.37. The summed E-state index contributed by atoms with van der Waals surface area (Å²) >= 11 is 6.05. The van der Waals surface area contributed by atoms with E-state index >= 15 is 0 Å². The molecule has 0 aliphatic carbocycles. The highest BCUT2D eigenvalue weighted by Crippen LogP contribution is 2.24. The van der Waals surface area contributed by atoms with Crippen molar-refractivity contribution in [2.45, 2.75) is 26.2 Å². The molecule has 1 aromatic rings. The second-order valence-corrected chi connectivity index (χ2v) is 6.25. The average molecular weight is 376 g/mol. The topological polar surface area (TPSA) is 75.5 Å². The molecule has 0 bridgehead atoms. The van der Waals surface area contributed by atoms with Crippen molar-refractivity contribution in [3.8, 4) is 0 Å². The molecule has 134 valence electrons. The van der Waals surface area contributed by atoms with Gasteiger partial charge in [-0.2, -0.15) is 0 Å². The first-order valence-corrected chi connectivity index (χ1v) is 8.30. The van der Waals surface area contributed by atoms with Gasteiger partial charge in [-0.05, 0) is 37.4 Å². The van der Waals surface area contributed by atoms with E-state index < -0.39 is 4.92 Å². The highest BCUT2D eigenvalue weighted by molar-refractivity contribution is 6.31. The van der Waals surface area contributed by atoms with Gasteiger partial charge in [0.1, 0.15) is 0 Å². The fourth-order valence-corrected chi connectivity index (χ4v) is 3.04. The van der Waals surface area contributed by atoms with E-state index in [1.54, 1.807) is 6.07 Å². The maximum Gasteiger partial charge on any atom is 0.270 e. The van der Waals surface area contributed by atoms with E-state index in [9.17, 15) is 14.9 Å². The van der Waals surface area contributed by atoms with Gasteiger partial charge in [-0.1, -0.05) is 24.6 Å². The van der Waals surface area contributed by atoms with Crippen LogP contribution in [0.5, 0.6) is 0 Å². The van der Waals surface area contributed by atoms with E-state index in [4.69, 9.17) is 11.6 Å². The number of nitrogens with zero attached hydrogens (tertiary/aromatic N) is 2. The molecule has 1 aliphatic heterocycles. The van der Waals surface area contributed by atoms with Gasteiger partial charge in [0.25, 0.3) is 5.69 Å². The summed E-state index contributed by atoms with van der Waals surface area (Å²) in [6.07, 6.45) is 2.20. The normalized spacial score (nSPS) is 15.0. The highest BCUT2D eigenvalue weighted by Gasteiger charge is 2.23. The molecule has 2 rings (SSSR count). The number of halogens is 2. The summed E-state index contributed by atoms with van der Waals surface area (Å²) in [6.45, 7) is 5.59. The van der Waals surface area contributed by atoms with Crippen LogP contribution in [-0.2, 0) is 11.2 Å². The van der Waals surface area contributed by atoms with Crippen molar-refractivity contribution in [2.24, 2.45) is 5.92 Å². The molecule has 0 aromatic heterocycles. The summed E-state index contributed by atoms with van der Waals surface area (Å²) < 4.78 is 0. The van der Waals surface area contributed by atoms with Gasteiger partial charge in [0.15, 0.2) is 0 Å². The third kappa shape index (κ3) is 5.61. The minimum Gasteiger partial charge on any atom is -0.342 e. The molecule has 1 N–H and O–H groups in total. The second kappa shape index (κ2) is 9.81. The minimum absolute atomic E-state index is 0. The largest absolute Gasteiger partial charge is 0.342 e. The van der Waals surface area contributed by atoms with Gasteiger partial charge in [0.2, 0.25) is 5.91 Å². The summed E-state index contributed by atoms with van der Waals surface area (Å²) in [5.74, 6) is 0.657. The van der Waals surface area contributed by atoms with Gasteiger partial charge in [0.05, 0.1) is 16.4 Å². The number of piperidine rings is 1. The molecule has 1 aromatic carbocycles. The SMILES string of the molecule is CCNCC1CCN(C(=O)Cc2ccc([N+](=O)[O-])cc2Cl)CC1.Cl. The van der Waals surface area contributed by atoms with E-state index in [2.05, 4.69) is 12.2 Å². The fourth-order valence-electron chi connectivity index (χ4n) is 2.80. The molecule has 1 fully saturated rings. The van der Waals surface area contributed by atoms with Crippen molar-refractivity contribution in [1.82, 2.24) is 10.2 Å². The Balaban J connectivity index is 0.00000288. The van der Waals surface area contributed by atoms with Crippen LogP contribution in [0.3, 0.4) is 0 Å². The van der Waals surface area contributed by atoms with Crippen LogP contribution in [0.25, 0.3) is 0 Å². The molecule has 1 saturated heterocycles. The Morgan fingerprint density at radius 2 is 2.08 bits per heavy atom. The Morgan fingerprint density at radius 3 is 2.62 bits per heavy atom. The summed E-state index contributed by atoms with van der Waals surface area (Å²) in [6, 6.07) is 4.25. The average Bonchev–Trinajstić information content (AvgIpc) is 2.55. The Morgan fingerprint density at radius 1 is 1.42 bits per heavy atom. The van der Waals surface area contributed by atoms with E-state index in [0.29, 0.717) is 11.5 Å². The predicted molar refractivity (Wildman–Crippen MR) is 96.9 cm³/mol. The number of hydrogen-bond acceptors (Lipinski definition) is 4. The first-order chi connectivity index (χ1) is 11.0. The molecule has 24 heavy (non-hydrogen) atoms. The molecule has 1 aliphatic rings. The van der Waals surface area contributed by atoms with Crippen molar-refractivity contribution in [2.75, 3.05) is 26.2 Å². The van der Waals surface area contributed by atoms with Gasteiger partial charge in [-0.25, -0.2) is 0 Å². The van der Waals surface area contributed by atoms with Crippen molar-refractivity contribution in [1.29, 1.82) is 0 Å². The number of likely N-dealkylation sites (tertiary alicyclic amines) is 1. The molecule has 1 heterocycles. The van der Waals surface area contributed by atoms with Crippen LogP contribution in [0.1, 0.15) is 25.3 Å². The summed E-state index contributed by atoms with van der Waals surface area (Å²) in [5.41, 5.74) is 0.576. The van der Waals surface area contributed by atoms with Crippen molar-refractivity contribution in [3.63, 3.8) is 0 Å². The third-order valence-corrected chi connectivity index (χ3v) is 4.59. The number of non-ortho nitro benzene ring substituents is 1. The molecule has 0 unspecified atom stereocenters. The monoisotopic (exact) mass is 375 g/mol. The molecule has 8 heteroatoms. The van der Waals surface area contributed by atoms with Gasteiger partial charge in [0, 0.05) is 25.2 Å². The number of nitrogens with one attached hydrogen (secondary N) is 1. The Bertz CT molecular complexity index is 576. The summed E-state index contributed by atoms with van der Waals surface area (Å²) in [5, 5.41) is 14.3. The van der Waals surface area contributed by atoms with Crippen LogP contribution in [0.15, 0.2) is 18.2 Å². The summed E-state index contributed by atoms with van der Waals surface area (Å²) in [4.78, 5) is 24.5. The van der Waals surface area contributed by atoms with Gasteiger partial charge in [-0.15, -0.1) is 12.4 Å². The third-order valence-electron chi connectivity index (χ3n) is 4.24. The van der Waals surface area contributed by atoms with Crippen LogP contribution in [0, 0.1) is 16.0 Å². The zero-order chi connectivity index (χ0) is 16.8. The second-order valence-electron chi connectivity index (χ2n) is 5.84. The zero-order valence-corrected chi connectivity index (χ0v) is 15.2. The number of carbonyl (C=O) groups excluding carboxylic acids is 1. The number of amides is 1. The number of nitro benzene ring substituents is 1. The molecule has 0 saturated carbocycles. The standard InChI is InChI=1S/C16H22ClN3O3.ClH/c1-2-18-11-12-5-7-19(8-6-12)16(21)9-13-3-4-14(20(22)23)10-15(13)17;/h3-4,10,12,18H,2,5-9,11H2,1H3;1H. The van der Waals surface area contributed by atoms with Crippen LogP contribution in [-0.4, -0.2) is 41.9 Å². The molecule has 6 nitrogen and oxygen atoms in total. The van der Waals surface area contributed by atoms with Crippen LogP contribution < -0.4 is 5.32 Å². The lowest BCUT2D eigenvalue weighted by Crippen LogP contribution is -2.41. The molecule has 0 spiro atoms. The van der Waals surface area contributed by atoms with E-state index in [-0.39, 0.29) is 35.4 Å². The van der Waals surface area contributed by atoms with Crippen molar-refractivity contribution < 1.29 is 9.72 Å². The highest BCUT2D eigenvalue weighted by atomic mass is 35.5. The molecule has 0 radical (unpaired) electrons. The van der Waals surface area contributed by atoms with E-state index in [0.717, 1.165) is 39.0 Å². The molecule has 1 amide bonds. The zero-order valence-electron chi connectivity index (χ0n) is 13.7. The number of carbonyl (C=O) groups is 1. The predicted octanol–water partition coefficient (Wildman–Crippen LogP) is 3.06. The van der Waals surface area contributed by atoms with Gasteiger partial charge >= 0.3 is 0 Å². The molecular weight excluding hydrogens is 353 g/mol. The molecule has 0 atom stereocenters. The summed E-state index contributed by atoms with van der Waals surface area (Å²) in [7, 11) is 0. The van der Waals surface area contributed by atoms with Crippen molar-refractivity contribution >= 4 is 35.6 Å². The first-order valence-electron chi connectivity index (χ1n) is 7.92. The number of benzene rings is 1. The van der Waals surface area contributed by atoms with Crippen LogP contribution >= 0.6 is 24.0 Å². The maximum absolute atomic E-state index is 12.4. The van der Waals surface area contributed by atoms with Crippen molar-refractivity contribution in [3.05, 3.63) is 38.9 Å².